The molecule has 0 aliphatic rings. The predicted molar refractivity (Wildman–Crippen MR) is 73.2 cm³/mol. The summed E-state index contributed by atoms with van der Waals surface area (Å²) >= 11 is 0. The summed E-state index contributed by atoms with van der Waals surface area (Å²) in [5.41, 5.74) is 5.04. The predicted octanol–water partition coefficient (Wildman–Crippen LogP) is 2.63. The topological polar surface area (TPSA) is 52.3 Å². The van der Waals surface area contributed by atoms with E-state index < -0.39 is 17.2 Å². The average Bonchev–Trinajstić information content (AvgIpc) is 2.36. The third-order valence-electron chi connectivity index (χ3n) is 3.16. The van der Waals surface area contributed by atoms with E-state index in [0.29, 0.717) is 12.0 Å². The zero-order valence-corrected chi connectivity index (χ0v) is 11.8. The third kappa shape index (κ3) is 3.32. The monoisotopic (exact) mass is 267 g/mol. The molecule has 4 heteroatoms. The summed E-state index contributed by atoms with van der Waals surface area (Å²) in [6.45, 7) is 5.98. The number of nitrogens with two attached hydrogens (primary N) is 1. The van der Waals surface area contributed by atoms with Gasteiger partial charge in [0.25, 0.3) is 0 Å². The summed E-state index contributed by atoms with van der Waals surface area (Å²) in [4.78, 5) is 12.3. The van der Waals surface area contributed by atoms with Gasteiger partial charge in [0.15, 0.2) is 0 Å². The van der Waals surface area contributed by atoms with Crippen LogP contribution in [0.15, 0.2) is 24.3 Å². The van der Waals surface area contributed by atoms with Gasteiger partial charge >= 0.3 is 5.97 Å². The second-order valence-corrected chi connectivity index (χ2v) is 5.08. The first-order valence-corrected chi connectivity index (χ1v) is 6.60. The number of carbonyl (C=O) groups excluding carboxylic acids is 1. The van der Waals surface area contributed by atoms with Crippen LogP contribution < -0.4 is 5.73 Å². The van der Waals surface area contributed by atoms with Crippen molar-refractivity contribution in [3.8, 4) is 0 Å². The smallest absolute Gasteiger partial charge is 0.317 e. The van der Waals surface area contributed by atoms with Gasteiger partial charge in [-0.1, -0.05) is 32.0 Å². The highest BCUT2D eigenvalue weighted by molar-refractivity contribution is 5.83. The number of benzene rings is 1. The Hall–Kier alpha value is -1.42. The maximum absolute atomic E-state index is 14.1. The molecule has 1 aromatic rings. The van der Waals surface area contributed by atoms with Gasteiger partial charge in [0.2, 0.25) is 0 Å². The minimum absolute atomic E-state index is 0.0327. The van der Waals surface area contributed by atoms with Crippen LogP contribution in [-0.2, 0) is 14.9 Å². The average molecular weight is 267 g/mol. The molecule has 0 saturated carbocycles. The minimum atomic E-state index is -1.10. The number of hydrogen-bond donors (Lipinski definition) is 1. The lowest BCUT2D eigenvalue weighted by molar-refractivity contribution is -0.150. The first-order chi connectivity index (χ1) is 8.97. The van der Waals surface area contributed by atoms with Crippen LogP contribution in [0.2, 0.25) is 0 Å². The van der Waals surface area contributed by atoms with Gasteiger partial charge in [-0.25, -0.2) is 4.39 Å². The summed E-state index contributed by atoms with van der Waals surface area (Å²) in [6, 6.07) is 6.27. The Bertz CT molecular complexity index is 434. The highest BCUT2D eigenvalue weighted by atomic mass is 19.1. The van der Waals surface area contributed by atoms with E-state index in [9.17, 15) is 9.18 Å². The van der Waals surface area contributed by atoms with Crippen LogP contribution in [0.3, 0.4) is 0 Å². The van der Waals surface area contributed by atoms with Gasteiger partial charge in [0, 0.05) is 12.1 Å². The second-order valence-electron chi connectivity index (χ2n) is 5.08. The summed E-state index contributed by atoms with van der Waals surface area (Å²) in [5.74, 6) is -0.662. The van der Waals surface area contributed by atoms with Crippen LogP contribution >= 0.6 is 0 Å². The van der Waals surface area contributed by atoms with Crippen LogP contribution in [0.4, 0.5) is 4.39 Å². The Kier molecular flexibility index (Phi) is 5.48. The molecule has 1 rings (SSSR count). The minimum Gasteiger partial charge on any atom is -0.465 e. The van der Waals surface area contributed by atoms with Crippen molar-refractivity contribution in [1.82, 2.24) is 0 Å². The fourth-order valence-electron chi connectivity index (χ4n) is 2.40. The molecule has 1 aromatic carbocycles. The van der Waals surface area contributed by atoms with Gasteiger partial charge in [0.1, 0.15) is 11.2 Å². The number of carbonyl (C=O) groups is 1. The highest BCUT2D eigenvalue weighted by Gasteiger charge is 2.42. The largest absolute Gasteiger partial charge is 0.465 e. The Labute approximate surface area is 113 Å². The van der Waals surface area contributed by atoms with Crippen LogP contribution in [0.1, 0.15) is 32.8 Å². The molecule has 1 atom stereocenters. The van der Waals surface area contributed by atoms with E-state index in [4.69, 9.17) is 10.5 Å². The molecule has 0 fully saturated rings. The number of hydrogen-bond acceptors (Lipinski definition) is 3. The Morgan fingerprint density at radius 2 is 2.05 bits per heavy atom. The number of halogens is 1. The van der Waals surface area contributed by atoms with E-state index in [1.165, 1.54) is 6.07 Å². The lowest BCUT2D eigenvalue weighted by Gasteiger charge is -2.32. The molecular formula is C15H22FNO2. The van der Waals surface area contributed by atoms with Crippen molar-refractivity contribution in [3.63, 3.8) is 0 Å². The van der Waals surface area contributed by atoms with Crippen molar-refractivity contribution < 1.29 is 13.9 Å². The summed E-state index contributed by atoms with van der Waals surface area (Å²) < 4.78 is 19.2. The maximum Gasteiger partial charge on any atom is 0.317 e. The van der Waals surface area contributed by atoms with Crippen molar-refractivity contribution in [2.24, 2.45) is 11.7 Å². The molecule has 0 saturated heterocycles. The number of ether oxygens (including phenoxy) is 1. The molecule has 0 bridgehead atoms. The van der Waals surface area contributed by atoms with E-state index in [2.05, 4.69) is 0 Å². The van der Waals surface area contributed by atoms with Crippen LogP contribution in [0.5, 0.6) is 0 Å². The van der Waals surface area contributed by atoms with E-state index >= 15 is 0 Å². The summed E-state index contributed by atoms with van der Waals surface area (Å²) in [7, 11) is 0. The highest BCUT2D eigenvalue weighted by Crippen LogP contribution is 2.33. The molecule has 1 unspecified atom stereocenters. The zero-order chi connectivity index (χ0) is 14.5. The molecule has 0 spiro atoms. The SMILES string of the molecule is CCOC(=O)C(CN)(CC(C)C)c1ccccc1F. The van der Waals surface area contributed by atoms with E-state index in [-0.39, 0.29) is 19.1 Å². The summed E-state index contributed by atoms with van der Waals surface area (Å²) in [6.07, 6.45) is 0.462. The number of rotatable bonds is 6. The van der Waals surface area contributed by atoms with Crippen molar-refractivity contribution in [1.29, 1.82) is 0 Å². The molecule has 3 nitrogen and oxygen atoms in total. The van der Waals surface area contributed by atoms with Crippen LogP contribution in [0, 0.1) is 11.7 Å². The van der Waals surface area contributed by atoms with Crippen LogP contribution in [-0.4, -0.2) is 19.1 Å². The summed E-state index contributed by atoms with van der Waals surface area (Å²) in [5, 5.41) is 0. The van der Waals surface area contributed by atoms with Crippen molar-refractivity contribution in [2.75, 3.05) is 13.2 Å². The normalized spacial score (nSPS) is 14.2. The second kappa shape index (κ2) is 6.66. The fourth-order valence-corrected chi connectivity index (χ4v) is 2.40. The van der Waals surface area contributed by atoms with Crippen molar-refractivity contribution >= 4 is 5.97 Å². The molecule has 0 heterocycles. The molecule has 19 heavy (non-hydrogen) atoms. The molecule has 106 valence electrons. The molecule has 0 aliphatic heterocycles. The maximum atomic E-state index is 14.1. The van der Waals surface area contributed by atoms with Gasteiger partial charge in [-0.15, -0.1) is 0 Å². The Morgan fingerprint density at radius 3 is 2.53 bits per heavy atom. The Morgan fingerprint density at radius 1 is 1.42 bits per heavy atom. The fraction of sp³-hybridized carbons (Fsp3) is 0.533. The number of esters is 1. The molecule has 0 amide bonds. The molecule has 0 radical (unpaired) electrons. The van der Waals surface area contributed by atoms with Gasteiger partial charge in [-0.2, -0.15) is 0 Å². The van der Waals surface area contributed by atoms with Gasteiger partial charge in [0.05, 0.1) is 6.61 Å². The van der Waals surface area contributed by atoms with Gasteiger partial charge in [-0.3, -0.25) is 4.79 Å². The third-order valence-corrected chi connectivity index (χ3v) is 3.16. The first kappa shape index (κ1) is 15.6. The quantitative estimate of drug-likeness (QED) is 0.806. The lowest BCUT2D eigenvalue weighted by atomic mass is 9.74. The lowest BCUT2D eigenvalue weighted by Crippen LogP contribution is -2.46. The van der Waals surface area contributed by atoms with Crippen LogP contribution in [0.25, 0.3) is 0 Å². The zero-order valence-electron chi connectivity index (χ0n) is 11.8. The van der Waals surface area contributed by atoms with Gasteiger partial charge in [-0.05, 0) is 25.3 Å². The molecule has 2 N–H and O–H groups in total. The van der Waals surface area contributed by atoms with Gasteiger partial charge < -0.3 is 10.5 Å². The van der Waals surface area contributed by atoms with E-state index in [0.717, 1.165) is 0 Å². The van der Waals surface area contributed by atoms with Crippen molar-refractivity contribution in [2.45, 2.75) is 32.6 Å². The van der Waals surface area contributed by atoms with E-state index in [1.807, 2.05) is 13.8 Å². The standard InChI is InChI=1S/C15H22FNO2/c1-4-19-14(18)15(10-17,9-11(2)3)12-7-5-6-8-13(12)16/h5-8,11H,4,9-10,17H2,1-3H3. The molecule has 0 aliphatic carbocycles. The van der Waals surface area contributed by atoms with E-state index in [1.54, 1.807) is 25.1 Å². The molecular weight excluding hydrogens is 245 g/mol. The molecule has 0 aromatic heterocycles. The first-order valence-electron chi connectivity index (χ1n) is 6.60. The van der Waals surface area contributed by atoms with Crippen molar-refractivity contribution in [3.05, 3.63) is 35.6 Å². The Balaban J connectivity index is 3.31.